The first-order valence-corrected chi connectivity index (χ1v) is 2.17. The third-order valence-corrected chi connectivity index (χ3v) is 0.757. The van der Waals surface area contributed by atoms with Crippen LogP contribution in [-0.2, 0) is 4.79 Å². The molecule has 3 N–H and O–H groups in total. The SMILES string of the molecule is CCC(N)C(=O)O.[Al+3]. The molecule has 0 heterocycles. The zero-order valence-corrected chi connectivity index (χ0v) is 5.95. The molecule has 0 aromatic carbocycles. The van der Waals surface area contributed by atoms with Gasteiger partial charge in [-0.2, -0.15) is 0 Å². The van der Waals surface area contributed by atoms with Crippen LogP contribution in [0, 0.1) is 0 Å². The van der Waals surface area contributed by atoms with Crippen molar-refractivity contribution in [3.8, 4) is 0 Å². The van der Waals surface area contributed by atoms with Crippen molar-refractivity contribution in [1.82, 2.24) is 0 Å². The van der Waals surface area contributed by atoms with Gasteiger partial charge in [0.15, 0.2) is 0 Å². The fraction of sp³-hybridized carbons (Fsp3) is 0.750. The van der Waals surface area contributed by atoms with Gasteiger partial charge in [0.2, 0.25) is 0 Å². The molecule has 0 aromatic rings. The monoisotopic (exact) mass is 130 g/mol. The summed E-state index contributed by atoms with van der Waals surface area (Å²) in [5.41, 5.74) is 5.02. The van der Waals surface area contributed by atoms with Crippen molar-refractivity contribution >= 4 is 23.3 Å². The summed E-state index contributed by atoms with van der Waals surface area (Å²) in [6.45, 7) is 1.73. The molecule has 0 spiro atoms. The minimum Gasteiger partial charge on any atom is -0.480 e. The van der Waals surface area contributed by atoms with Gasteiger partial charge < -0.3 is 10.8 Å². The molecule has 0 amide bonds. The zero-order valence-electron chi connectivity index (χ0n) is 4.79. The van der Waals surface area contributed by atoms with Crippen LogP contribution in [0.15, 0.2) is 0 Å². The fourth-order valence-corrected chi connectivity index (χ4v) is 0.175. The second-order valence-corrected chi connectivity index (χ2v) is 1.35. The van der Waals surface area contributed by atoms with Crippen molar-refractivity contribution in [2.75, 3.05) is 0 Å². The number of carboxylic acids is 1. The van der Waals surface area contributed by atoms with Crippen LogP contribution >= 0.6 is 0 Å². The maximum Gasteiger partial charge on any atom is 3.00 e. The van der Waals surface area contributed by atoms with Gasteiger partial charge in [0, 0.05) is 0 Å². The third kappa shape index (κ3) is 4.13. The first-order chi connectivity index (χ1) is 3.18. The van der Waals surface area contributed by atoms with E-state index in [9.17, 15) is 4.79 Å². The van der Waals surface area contributed by atoms with Crippen LogP contribution in [0.1, 0.15) is 13.3 Å². The molecule has 0 radical (unpaired) electrons. The van der Waals surface area contributed by atoms with E-state index < -0.39 is 12.0 Å². The Morgan fingerprint density at radius 2 is 2.25 bits per heavy atom. The van der Waals surface area contributed by atoms with Crippen LogP contribution in [0.25, 0.3) is 0 Å². The molecule has 1 unspecified atom stereocenters. The van der Waals surface area contributed by atoms with Gasteiger partial charge in [-0.15, -0.1) is 0 Å². The summed E-state index contributed by atoms with van der Waals surface area (Å²) in [6.07, 6.45) is 0.495. The van der Waals surface area contributed by atoms with Crippen LogP contribution in [-0.4, -0.2) is 34.5 Å². The van der Waals surface area contributed by atoms with Crippen molar-refractivity contribution < 1.29 is 9.90 Å². The maximum atomic E-state index is 9.81. The van der Waals surface area contributed by atoms with Gasteiger partial charge in [0.25, 0.3) is 0 Å². The standard InChI is InChI=1S/C4H9NO2.Al/c1-2-3(5)4(6)7;/h3H,2,5H2,1H3,(H,6,7);/q;+3. The van der Waals surface area contributed by atoms with Gasteiger partial charge >= 0.3 is 23.3 Å². The van der Waals surface area contributed by atoms with E-state index in [0.29, 0.717) is 6.42 Å². The molecule has 0 aliphatic carbocycles. The van der Waals surface area contributed by atoms with Crippen molar-refractivity contribution in [2.24, 2.45) is 5.73 Å². The Labute approximate surface area is 59.0 Å². The van der Waals surface area contributed by atoms with E-state index in [0.717, 1.165) is 0 Å². The molecular weight excluding hydrogens is 121 g/mol. The smallest absolute Gasteiger partial charge is 0.480 e. The first kappa shape index (κ1) is 10.9. The Balaban J connectivity index is 0. The van der Waals surface area contributed by atoms with E-state index >= 15 is 0 Å². The van der Waals surface area contributed by atoms with E-state index in [1.807, 2.05) is 0 Å². The average molecular weight is 130 g/mol. The molecule has 0 bridgehead atoms. The number of rotatable bonds is 2. The van der Waals surface area contributed by atoms with Crippen molar-refractivity contribution in [3.63, 3.8) is 0 Å². The Kier molecular flexibility index (Phi) is 6.93. The van der Waals surface area contributed by atoms with Crippen molar-refractivity contribution in [3.05, 3.63) is 0 Å². The largest absolute Gasteiger partial charge is 3.00 e. The molecule has 1 atom stereocenters. The molecule has 42 valence electrons. The number of hydrogen-bond donors (Lipinski definition) is 2. The maximum absolute atomic E-state index is 9.81. The topological polar surface area (TPSA) is 63.3 Å². The number of nitrogens with two attached hydrogens (primary N) is 1. The molecule has 0 aliphatic rings. The van der Waals surface area contributed by atoms with Gasteiger partial charge in [-0.1, -0.05) is 6.92 Å². The van der Waals surface area contributed by atoms with Gasteiger partial charge in [0.1, 0.15) is 6.04 Å². The fourth-order valence-electron chi connectivity index (χ4n) is 0.175. The Morgan fingerprint density at radius 3 is 2.25 bits per heavy atom. The molecule has 8 heavy (non-hydrogen) atoms. The first-order valence-electron chi connectivity index (χ1n) is 2.17. The van der Waals surface area contributed by atoms with Crippen molar-refractivity contribution in [1.29, 1.82) is 0 Å². The Morgan fingerprint density at radius 1 is 1.88 bits per heavy atom. The van der Waals surface area contributed by atoms with Crippen LogP contribution < -0.4 is 5.73 Å². The predicted octanol–water partition coefficient (Wildman–Crippen LogP) is -0.573. The molecule has 0 aliphatic heterocycles. The third-order valence-electron chi connectivity index (χ3n) is 0.757. The molecule has 0 rings (SSSR count). The summed E-state index contributed by atoms with van der Waals surface area (Å²) in [5, 5.41) is 8.06. The Bertz CT molecular complexity index is 76.4. The van der Waals surface area contributed by atoms with E-state index in [1.165, 1.54) is 0 Å². The molecule has 0 saturated carbocycles. The quantitative estimate of drug-likeness (QED) is 0.492. The Hall–Kier alpha value is -0.0375. The number of hydrogen-bond acceptors (Lipinski definition) is 2. The normalized spacial score (nSPS) is 11.8. The van der Waals surface area contributed by atoms with Gasteiger partial charge in [-0.3, -0.25) is 4.79 Å². The molecule has 4 heteroatoms. The second kappa shape index (κ2) is 5.11. The van der Waals surface area contributed by atoms with E-state index in [4.69, 9.17) is 10.8 Å². The molecule has 0 fully saturated rings. The van der Waals surface area contributed by atoms with Crippen LogP contribution in [0.3, 0.4) is 0 Å². The molecule has 3 nitrogen and oxygen atoms in total. The van der Waals surface area contributed by atoms with E-state index in [1.54, 1.807) is 6.92 Å². The van der Waals surface area contributed by atoms with Crippen LogP contribution in [0.2, 0.25) is 0 Å². The summed E-state index contributed by atoms with van der Waals surface area (Å²) in [7, 11) is 0. The minimum atomic E-state index is -0.928. The number of carboxylic acid groups (broad SMARTS) is 1. The van der Waals surface area contributed by atoms with Gasteiger partial charge in [-0.25, -0.2) is 0 Å². The number of carbonyl (C=O) groups is 1. The number of aliphatic carboxylic acids is 1. The molecule has 0 aromatic heterocycles. The predicted molar refractivity (Wildman–Crippen MR) is 31.7 cm³/mol. The zero-order chi connectivity index (χ0) is 5.86. The average Bonchev–Trinajstić information content (AvgIpc) is 1.65. The van der Waals surface area contributed by atoms with Crippen LogP contribution in [0.4, 0.5) is 0 Å². The van der Waals surface area contributed by atoms with Gasteiger partial charge in [-0.05, 0) is 6.42 Å². The van der Waals surface area contributed by atoms with E-state index in [2.05, 4.69) is 0 Å². The second-order valence-electron chi connectivity index (χ2n) is 1.35. The van der Waals surface area contributed by atoms with Crippen molar-refractivity contribution in [2.45, 2.75) is 19.4 Å². The summed E-state index contributed by atoms with van der Waals surface area (Å²) in [5.74, 6) is -0.928. The summed E-state index contributed by atoms with van der Waals surface area (Å²) < 4.78 is 0. The van der Waals surface area contributed by atoms with E-state index in [-0.39, 0.29) is 17.4 Å². The summed E-state index contributed by atoms with van der Waals surface area (Å²) in [6, 6.07) is -0.681. The summed E-state index contributed by atoms with van der Waals surface area (Å²) >= 11 is 0. The molecular formula is C4H9AlNO2+3. The van der Waals surface area contributed by atoms with Gasteiger partial charge in [0.05, 0.1) is 0 Å². The minimum absolute atomic E-state index is 0. The van der Waals surface area contributed by atoms with Crippen LogP contribution in [0.5, 0.6) is 0 Å². The summed E-state index contributed by atoms with van der Waals surface area (Å²) in [4.78, 5) is 9.81. The molecule has 0 saturated heterocycles.